The molecule has 0 N–H and O–H groups in total. The highest BCUT2D eigenvalue weighted by atomic mass is 32.2. The Morgan fingerprint density at radius 1 is 1.14 bits per heavy atom. The van der Waals surface area contributed by atoms with E-state index in [4.69, 9.17) is 0 Å². The second-order valence-corrected chi connectivity index (χ2v) is 11.2. The lowest BCUT2D eigenvalue weighted by atomic mass is 10.1. The summed E-state index contributed by atoms with van der Waals surface area (Å²) in [6, 6.07) is 13.6. The van der Waals surface area contributed by atoms with Gasteiger partial charge in [-0.1, -0.05) is 53.7 Å². The molecule has 2 fully saturated rings. The number of carbonyl (C=O) groups is 1. The summed E-state index contributed by atoms with van der Waals surface area (Å²) in [6.07, 6.45) is 0.236. The number of hydrogen-bond donors (Lipinski definition) is 0. The van der Waals surface area contributed by atoms with Crippen LogP contribution in [0.1, 0.15) is 22.3 Å². The molecule has 152 valence electrons. The molecular weight excluding hydrogens is 404 g/mol. The van der Waals surface area contributed by atoms with Gasteiger partial charge in [0.15, 0.2) is 15.0 Å². The molecule has 0 aliphatic carbocycles. The van der Waals surface area contributed by atoms with Gasteiger partial charge in [0.25, 0.3) is 5.91 Å². The first-order valence-electron chi connectivity index (χ1n) is 9.63. The number of benzene rings is 2. The Kier molecular flexibility index (Phi) is 5.29. The average molecular weight is 429 g/mol. The standard InChI is InChI=1S/C22H24N2O3S2/c1-14-6-4-8-17(10-14)11-21(25)23-22-24(18-9-5-7-15(2)16(18)3)19-12-29(26,27)13-20(19)28-22/h4-10,19-20H,11-13H2,1-3H3. The van der Waals surface area contributed by atoms with Crippen LogP contribution in [0.2, 0.25) is 0 Å². The molecule has 29 heavy (non-hydrogen) atoms. The van der Waals surface area contributed by atoms with Gasteiger partial charge >= 0.3 is 0 Å². The minimum Gasteiger partial charge on any atom is -0.315 e. The monoisotopic (exact) mass is 428 g/mol. The number of carbonyl (C=O) groups excluding carboxylic acids is 1. The van der Waals surface area contributed by atoms with E-state index in [1.54, 1.807) is 0 Å². The minimum atomic E-state index is -3.08. The van der Waals surface area contributed by atoms with Crippen LogP contribution in [0.25, 0.3) is 0 Å². The van der Waals surface area contributed by atoms with E-state index in [-0.39, 0.29) is 35.1 Å². The molecule has 1 amide bonds. The molecule has 2 aliphatic rings. The molecule has 0 saturated carbocycles. The van der Waals surface area contributed by atoms with Crippen LogP contribution in [0.4, 0.5) is 5.69 Å². The number of amides is 1. The maximum Gasteiger partial charge on any atom is 0.252 e. The van der Waals surface area contributed by atoms with Gasteiger partial charge in [0.2, 0.25) is 0 Å². The average Bonchev–Trinajstić information content (AvgIpc) is 3.08. The van der Waals surface area contributed by atoms with Crippen molar-refractivity contribution in [2.45, 2.75) is 38.5 Å². The third-order valence-corrected chi connectivity index (χ3v) is 8.77. The fourth-order valence-electron chi connectivity index (χ4n) is 3.99. The SMILES string of the molecule is Cc1cccc(CC(=O)N=C2SC3CS(=O)(=O)CC3N2c2cccc(C)c2C)c1. The van der Waals surface area contributed by atoms with E-state index >= 15 is 0 Å². The van der Waals surface area contributed by atoms with Crippen LogP contribution in [-0.2, 0) is 21.1 Å². The smallest absolute Gasteiger partial charge is 0.252 e. The Morgan fingerprint density at radius 3 is 2.66 bits per heavy atom. The van der Waals surface area contributed by atoms with Crippen LogP contribution in [0.3, 0.4) is 0 Å². The molecular formula is C22H24N2O3S2. The normalized spacial score (nSPS) is 24.1. The van der Waals surface area contributed by atoms with Gasteiger partial charge in [-0.3, -0.25) is 4.79 Å². The van der Waals surface area contributed by atoms with Crippen LogP contribution in [-0.4, -0.2) is 42.3 Å². The molecule has 0 spiro atoms. The number of amidine groups is 1. The summed E-state index contributed by atoms with van der Waals surface area (Å²) in [5.74, 6) is 0.0222. The largest absolute Gasteiger partial charge is 0.315 e. The number of sulfone groups is 1. The maximum absolute atomic E-state index is 12.7. The molecule has 2 heterocycles. The molecule has 5 nitrogen and oxygen atoms in total. The number of fused-ring (bicyclic) bond motifs is 1. The molecule has 7 heteroatoms. The van der Waals surface area contributed by atoms with Gasteiger partial charge in [0.1, 0.15) is 0 Å². The van der Waals surface area contributed by atoms with E-state index in [9.17, 15) is 13.2 Å². The van der Waals surface area contributed by atoms with E-state index in [2.05, 4.69) is 4.99 Å². The van der Waals surface area contributed by atoms with Gasteiger partial charge in [-0.15, -0.1) is 0 Å². The predicted octanol–water partition coefficient (Wildman–Crippen LogP) is 3.46. The first-order chi connectivity index (χ1) is 13.7. The van der Waals surface area contributed by atoms with Crippen molar-refractivity contribution in [3.05, 3.63) is 64.7 Å². The fourth-order valence-corrected chi connectivity index (χ4v) is 7.91. The zero-order valence-electron chi connectivity index (χ0n) is 16.8. The molecule has 2 saturated heterocycles. The summed E-state index contributed by atoms with van der Waals surface area (Å²) in [4.78, 5) is 19.1. The Labute approximate surface area is 176 Å². The molecule has 2 aliphatic heterocycles. The van der Waals surface area contributed by atoms with Crippen LogP contribution < -0.4 is 4.90 Å². The van der Waals surface area contributed by atoms with Crippen molar-refractivity contribution in [1.82, 2.24) is 0 Å². The van der Waals surface area contributed by atoms with Crippen molar-refractivity contribution in [3.63, 3.8) is 0 Å². The van der Waals surface area contributed by atoms with Gasteiger partial charge in [0, 0.05) is 10.9 Å². The summed E-state index contributed by atoms with van der Waals surface area (Å²) >= 11 is 1.42. The number of anilines is 1. The quantitative estimate of drug-likeness (QED) is 0.749. The molecule has 2 unspecified atom stereocenters. The first-order valence-corrected chi connectivity index (χ1v) is 12.3. The van der Waals surface area contributed by atoms with Gasteiger partial charge in [-0.2, -0.15) is 4.99 Å². The summed E-state index contributed by atoms with van der Waals surface area (Å²) < 4.78 is 24.5. The summed E-state index contributed by atoms with van der Waals surface area (Å²) in [5.41, 5.74) is 5.18. The number of rotatable bonds is 3. The molecule has 2 aromatic carbocycles. The van der Waals surface area contributed by atoms with Crippen LogP contribution in [0, 0.1) is 20.8 Å². The molecule has 2 aromatic rings. The fraction of sp³-hybridized carbons (Fsp3) is 0.364. The minimum absolute atomic E-state index is 0.0922. The predicted molar refractivity (Wildman–Crippen MR) is 120 cm³/mol. The third kappa shape index (κ3) is 4.12. The highest BCUT2D eigenvalue weighted by Crippen LogP contribution is 2.42. The van der Waals surface area contributed by atoms with Crippen molar-refractivity contribution in [2.24, 2.45) is 4.99 Å². The Morgan fingerprint density at radius 2 is 1.90 bits per heavy atom. The van der Waals surface area contributed by atoms with Gasteiger partial charge < -0.3 is 4.90 Å². The van der Waals surface area contributed by atoms with Crippen LogP contribution in [0.5, 0.6) is 0 Å². The van der Waals surface area contributed by atoms with E-state index in [1.807, 2.05) is 68.1 Å². The van der Waals surface area contributed by atoms with Gasteiger partial charge in [0.05, 0.1) is 24.0 Å². The maximum atomic E-state index is 12.7. The summed E-state index contributed by atoms with van der Waals surface area (Å²) in [7, 11) is -3.08. The second-order valence-electron chi connectivity index (χ2n) is 7.84. The van der Waals surface area contributed by atoms with Crippen molar-refractivity contribution >= 4 is 38.4 Å². The third-order valence-electron chi connectivity index (χ3n) is 5.56. The van der Waals surface area contributed by atoms with E-state index in [0.29, 0.717) is 5.17 Å². The number of aryl methyl sites for hydroxylation is 2. The molecule has 0 aromatic heterocycles. The van der Waals surface area contributed by atoms with Crippen molar-refractivity contribution in [1.29, 1.82) is 0 Å². The van der Waals surface area contributed by atoms with Gasteiger partial charge in [-0.05, 0) is 43.5 Å². The highest BCUT2D eigenvalue weighted by Gasteiger charge is 2.49. The van der Waals surface area contributed by atoms with Crippen LogP contribution in [0.15, 0.2) is 47.5 Å². The lowest BCUT2D eigenvalue weighted by molar-refractivity contribution is -0.117. The zero-order valence-corrected chi connectivity index (χ0v) is 18.4. The van der Waals surface area contributed by atoms with Crippen LogP contribution >= 0.6 is 11.8 Å². The zero-order chi connectivity index (χ0) is 20.8. The van der Waals surface area contributed by atoms with E-state index < -0.39 is 9.84 Å². The molecule has 2 atom stereocenters. The van der Waals surface area contributed by atoms with E-state index in [0.717, 1.165) is 27.9 Å². The van der Waals surface area contributed by atoms with Crippen molar-refractivity contribution in [3.8, 4) is 0 Å². The Bertz CT molecular complexity index is 1110. The highest BCUT2D eigenvalue weighted by molar-refractivity contribution is 8.16. The van der Waals surface area contributed by atoms with Crippen molar-refractivity contribution in [2.75, 3.05) is 16.4 Å². The molecule has 0 radical (unpaired) electrons. The van der Waals surface area contributed by atoms with E-state index in [1.165, 1.54) is 11.8 Å². The van der Waals surface area contributed by atoms with Crippen molar-refractivity contribution < 1.29 is 13.2 Å². The number of thioether (sulfide) groups is 1. The molecule has 0 bridgehead atoms. The Balaban J connectivity index is 1.68. The second kappa shape index (κ2) is 7.61. The number of aliphatic imine (C=N–C) groups is 1. The first kappa shape index (κ1) is 20.2. The number of nitrogens with zero attached hydrogens (tertiary/aromatic N) is 2. The van der Waals surface area contributed by atoms with Gasteiger partial charge in [-0.25, -0.2) is 8.42 Å². The molecule has 4 rings (SSSR count). The summed E-state index contributed by atoms with van der Waals surface area (Å²) in [6.45, 7) is 6.06. The lowest BCUT2D eigenvalue weighted by Gasteiger charge is -2.26. The Hall–Kier alpha value is -2.12. The lowest BCUT2D eigenvalue weighted by Crippen LogP contribution is -2.38. The topological polar surface area (TPSA) is 66.8 Å². The summed E-state index contributed by atoms with van der Waals surface area (Å²) in [5, 5.41) is 0.520. The number of hydrogen-bond acceptors (Lipinski definition) is 4.